The molecule has 3 rings (SSSR count). The number of benzene rings is 1. The second-order valence-electron chi connectivity index (χ2n) is 4.56. The summed E-state index contributed by atoms with van der Waals surface area (Å²) < 4.78 is 2.47. The largest absolute Gasteiger partial charge is 0.480 e. The van der Waals surface area contributed by atoms with E-state index in [4.69, 9.17) is 5.11 Å². The molecule has 0 saturated carbocycles. The molecule has 0 radical (unpaired) electrons. The Balaban J connectivity index is 2.15. The maximum atomic E-state index is 11.1. The third-order valence-corrected chi connectivity index (χ3v) is 4.31. The third-order valence-electron chi connectivity index (χ3n) is 3.22. The molecule has 1 atom stereocenters. The minimum Gasteiger partial charge on any atom is -0.480 e. The van der Waals surface area contributed by atoms with E-state index in [0.717, 1.165) is 15.0 Å². The van der Waals surface area contributed by atoms with Crippen LogP contribution in [0, 0.1) is 6.92 Å². The van der Waals surface area contributed by atoms with Gasteiger partial charge >= 0.3 is 5.97 Å². The first-order chi connectivity index (χ1) is 9.58. The van der Waals surface area contributed by atoms with E-state index in [1.807, 2.05) is 31.2 Å². The van der Waals surface area contributed by atoms with Crippen molar-refractivity contribution < 1.29 is 9.90 Å². The van der Waals surface area contributed by atoms with Crippen molar-refractivity contribution in [3.63, 3.8) is 0 Å². The first-order valence-corrected chi connectivity index (χ1v) is 6.90. The minimum absolute atomic E-state index is 0.487. The fraction of sp³-hybridized carbons (Fsp3) is 0.231. The second-order valence-corrected chi connectivity index (χ2v) is 5.64. The highest BCUT2D eigenvalue weighted by molar-refractivity contribution is 7.22. The van der Waals surface area contributed by atoms with Crippen LogP contribution in [-0.2, 0) is 4.79 Å². The SMILES string of the molecule is Cc1cccc2sc(-c3nnnn3C(C)C(=O)O)cc12. The van der Waals surface area contributed by atoms with Gasteiger partial charge in [-0.15, -0.1) is 16.4 Å². The maximum absolute atomic E-state index is 11.1. The number of hydrogen-bond acceptors (Lipinski definition) is 5. The predicted octanol–water partition coefficient (Wildman–Crippen LogP) is 2.51. The molecule has 20 heavy (non-hydrogen) atoms. The molecule has 1 N–H and O–H groups in total. The summed E-state index contributed by atoms with van der Waals surface area (Å²) in [5.41, 5.74) is 1.18. The minimum atomic E-state index is -0.962. The summed E-state index contributed by atoms with van der Waals surface area (Å²) >= 11 is 1.56. The molecule has 3 aromatic rings. The zero-order valence-electron chi connectivity index (χ0n) is 10.9. The number of rotatable bonds is 3. The topological polar surface area (TPSA) is 80.9 Å². The van der Waals surface area contributed by atoms with Crippen LogP contribution in [0.4, 0.5) is 0 Å². The number of carboxylic acids is 1. The summed E-state index contributed by atoms with van der Waals surface area (Å²) in [6.45, 7) is 3.60. The molecule has 0 fully saturated rings. The molecular weight excluding hydrogens is 276 g/mol. The summed E-state index contributed by atoms with van der Waals surface area (Å²) in [5, 5.41) is 21.6. The molecule has 0 saturated heterocycles. The molecule has 102 valence electrons. The van der Waals surface area contributed by atoms with Crippen molar-refractivity contribution in [3.8, 4) is 10.7 Å². The fourth-order valence-corrected chi connectivity index (χ4v) is 3.15. The number of nitrogens with zero attached hydrogens (tertiary/aromatic N) is 4. The van der Waals surface area contributed by atoms with Crippen molar-refractivity contribution in [2.24, 2.45) is 0 Å². The number of thiophene rings is 1. The first-order valence-electron chi connectivity index (χ1n) is 6.08. The number of aryl methyl sites for hydroxylation is 1. The molecule has 0 spiro atoms. The van der Waals surface area contributed by atoms with Gasteiger partial charge in [-0.25, -0.2) is 9.48 Å². The van der Waals surface area contributed by atoms with Crippen LogP contribution in [0.1, 0.15) is 18.5 Å². The van der Waals surface area contributed by atoms with Gasteiger partial charge in [0.25, 0.3) is 0 Å². The van der Waals surface area contributed by atoms with Gasteiger partial charge in [-0.1, -0.05) is 12.1 Å². The van der Waals surface area contributed by atoms with Gasteiger partial charge in [0.05, 0.1) is 4.88 Å². The lowest BCUT2D eigenvalue weighted by Gasteiger charge is -2.06. The Bertz CT molecular complexity index is 793. The van der Waals surface area contributed by atoms with E-state index in [9.17, 15) is 4.79 Å². The van der Waals surface area contributed by atoms with Crippen LogP contribution in [0.5, 0.6) is 0 Å². The molecule has 1 aromatic carbocycles. The van der Waals surface area contributed by atoms with Crippen molar-refractivity contribution in [3.05, 3.63) is 29.8 Å². The number of fused-ring (bicyclic) bond motifs is 1. The number of hydrogen-bond donors (Lipinski definition) is 1. The van der Waals surface area contributed by atoms with E-state index in [1.165, 1.54) is 10.2 Å². The van der Waals surface area contributed by atoms with Gasteiger partial charge in [-0.2, -0.15) is 0 Å². The van der Waals surface area contributed by atoms with Crippen molar-refractivity contribution >= 4 is 27.4 Å². The Morgan fingerprint density at radius 3 is 2.95 bits per heavy atom. The van der Waals surface area contributed by atoms with Crippen molar-refractivity contribution in [1.29, 1.82) is 0 Å². The highest BCUT2D eigenvalue weighted by atomic mass is 32.1. The van der Waals surface area contributed by atoms with Gasteiger partial charge in [0, 0.05) is 4.70 Å². The molecule has 0 amide bonds. The number of aliphatic carboxylic acids is 1. The number of aromatic nitrogens is 4. The van der Waals surface area contributed by atoms with Gasteiger partial charge in [-0.3, -0.25) is 0 Å². The summed E-state index contributed by atoms with van der Waals surface area (Å²) in [4.78, 5) is 12.0. The second kappa shape index (κ2) is 4.68. The lowest BCUT2D eigenvalue weighted by Crippen LogP contribution is -2.17. The number of carbonyl (C=O) groups is 1. The number of carboxylic acid groups (broad SMARTS) is 1. The van der Waals surface area contributed by atoms with Crippen LogP contribution < -0.4 is 0 Å². The Morgan fingerprint density at radius 2 is 2.25 bits per heavy atom. The van der Waals surface area contributed by atoms with E-state index < -0.39 is 12.0 Å². The Kier molecular flexibility index (Phi) is 2.98. The van der Waals surface area contributed by atoms with E-state index in [0.29, 0.717) is 5.82 Å². The average molecular weight is 288 g/mol. The summed E-state index contributed by atoms with van der Waals surface area (Å²) in [5.74, 6) is -0.476. The van der Waals surface area contributed by atoms with Crippen LogP contribution >= 0.6 is 11.3 Å². The van der Waals surface area contributed by atoms with E-state index >= 15 is 0 Å². The molecule has 0 aliphatic heterocycles. The molecule has 0 aliphatic rings. The lowest BCUT2D eigenvalue weighted by atomic mass is 10.1. The smallest absolute Gasteiger partial charge is 0.328 e. The van der Waals surface area contributed by atoms with Crippen molar-refractivity contribution in [1.82, 2.24) is 20.2 Å². The third kappa shape index (κ3) is 1.96. The van der Waals surface area contributed by atoms with Gasteiger partial charge in [0.2, 0.25) is 0 Å². The standard InChI is InChI=1S/C13H12N4O2S/c1-7-4-3-5-10-9(7)6-11(20-10)12-14-15-16-17(12)8(2)13(18)19/h3-6,8H,1-2H3,(H,18,19). The first kappa shape index (κ1) is 12.7. The van der Waals surface area contributed by atoms with Gasteiger partial charge < -0.3 is 5.11 Å². The molecule has 0 bridgehead atoms. The average Bonchev–Trinajstić information content (AvgIpc) is 3.04. The molecule has 2 heterocycles. The van der Waals surface area contributed by atoms with Gasteiger partial charge in [0.1, 0.15) is 0 Å². The highest BCUT2D eigenvalue weighted by Gasteiger charge is 2.21. The molecule has 1 unspecified atom stereocenters. The van der Waals surface area contributed by atoms with Gasteiger partial charge in [-0.05, 0) is 47.4 Å². The maximum Gasteiger partial charge on any atom is 0.328 e. The van der Waals surface area contributed by atoms with Gasteiger partial charge in [0.15, 0.2) is 11.9 Å². The van der Waals surface area contributed by atoms with E-state index in [2.05, 4.69) is 15.5 Å². The zero-order chi connectivity index (χ0) is 14.3. The molecular formula is C13H12N4O2S. The van der Waals surface area contributed by atoms with Crippen molar-refractivity contribution in [2.45, 2.75) is 19.9 Å². The normalized spacial score (nSPS) is 12.7. The van der Waals surface area contributed by atoms with Crippen molar-refractivity contribution in [2.75, 3.05) is 0 Å². The molecule has 2 aromatic heterocycles. The molecule has 0 aliphatic carbocycles. The lowest BCUT2D eigenvalue weighted by molar-refractivity contribution is -0.140. The Hall–Kier alpha value is -2.28. The summed E-state index contributed by atoms with van der Waals surface area (Å²) in [6, 6.07) is 7.28. The van der Waals surface area contributed by atoms with Crippen LogP contribution in [0.25, 0.3) is 20.8 Å². The van der Waals surface area contributed by atoms with E-state index in [-0.39, 0.29) is 0 Å². The predicted molar refractivity (Wildman–Crippen MR) is 75.7 cm³/mol. The van der Waals surface area contributed by atoms with Crippen LogP contribution in [0.15, 0.2) is 24.3 Å². The quantitative estimate of drug-likeness (QED) is 0.801. The Morgan fingerprint density at radius 1 is 1.45 bits per heavy atom. The van der Waals surface area contributed by atoms with Crippen LogP contribution in [0.3, 0.4) is 0 Å². The monoisotopic (exact) mass is 288 g/mol. The zero-order valence-corrected chi connectivity index (χ0v) is 11.8. The summed E-state index contributed by atoms with van der Waals surface area (Å²) in [7, 11) is 0. The molecule has 7 heteroatoms. The van der Waals surface area contributed by atoms with Crippen LogP contribution in [0.2, 0.25) is 0 Å². The fourth-order valence-electron chi connectivity index (χ4n) is 2.04. The number of tetrazole rings is 1. The highest BCUT2D eigenvalue weighted by Crippen LogP contribution is 2.34. The summed E-state index contributed by atoms with van der Waals surface area (Å²) in [6.07, 6.45) is 0. The Labute approximate surface area is 118 Å². The molecule has 6 nitrogen and oxygen atoms in total. The van der Waals surface area contributed by atoms with E-state index in [1.54, 1.807) is 18.3 Å². The van der Waals surface area contributed by atoms with Crippen LogP contribution in [-0.4, -0.2) is 31.3 Å².